The average Bonchev–Trinajstić information content (AvgIpc) is 2.11. The first kappa shape index (κ1) is 11.5. The lowest BCUT2D eigenvalue weighted by molar-refractivity contribution is -0.114. The molecular weight excluding hydrogens is 218 g/mol. The van der Waals surface area contributed by atoms with E-state index in [1.807, 2.05) is 0 Å². The summed E-state index contributed by atoms with van der Waals surface area (Å²) < 4.78 is 0. The van der Waals surface area contributed by atoms with E-state index < -0.39 is 5.97 Å². The quantitative estimate of drug-likeness (QED) is 0.815. The Morgan fingerprint density at radius 1 is 1.40 bits per heavy atom. The van der Waals surface area contributed by atoms with Crippen LogP contribution in [-0.4, -0.2) is 17.0 Å². The first-order valence-electron chi connectivity index (χ1n) is 4.23. The van der Waals surface area contributed by atoms with Crippen molar-refractivity contribution in [1.82, 2.24) is 0 Å². The molecule has 0 radical (unpaired) electrons. The Hall–Kier alpha value is -1.55. The zero-order valence-electron chi connectivity index (χ0n) is 8.30. The van der Waals surface area contributed by atoms with E-state index in [9.17, 15) is 9.59 Å². The Morgan fingerprint density at radius 3 is 2.47 bits per heavy atom. The van der Waals surface area contributed by atoms with Gasteiger partial charge in [0, 0.05) is 17.6 Å². The molecule has 1 aromatic carbocycles. The molecule has 2 N–H and O–H groups in total. The molecule has 0 atom stereocenters. The van der Waals surface area contributed by atoms with Crippen LogP contribution in [0.2, 0.25) is 5.02 Å². The molecule has 0 heterocycles. The van der Waals surface area contributed by atoms with E-state index in [0.717, 1.165) is 0 Å². The van der Waals surface area contributed by atoms with Gasteiger partial charge in [-0.3, -0.25) is 4.79 Å². The molecule has 0 spiro atoms. The summed E-state index contributed by atoms with van der Waals surface area (Å²) in [6.07, 6.45) is 0. The van der Waals surface area contributed by atoms with Gasteiger partial charge < -0.3 is 10.4 Å². The van der Waals surface area contributed by atoms with Crippen LogP contribution in [0.1, 0.15) is 22.8 Å². The number of aromatic carboxylic acids is 1. The van der Waals surface area contributed by atoms with Crippen LogP contribution < -0.4 is 5.32 Å². The second-order valence-electron chi connectivity index (χ2n) is 3.12. The Morgan fingerprint density at radius 2 is 2.00 bits per heavy atom. The standard InChI is InChI=1S/C10H10ClNO3/c1-5-8(11)3-7(10(14)15)4-9(5)12-6(2)13/h3-4H,1-2H3,(H,12,13)(H,14,15). The van der Waals surface area contributed by atoms with Crippen LogP contribution >= 0.6 is 11.6 Å². The molecular formula is C10H10ClNO3. The van der Waals surface area contributed by atoms with Gasteiger partial charge in [-0.05, 0) is 24.6 Å². The maximum absolute atomic E-state index is 10.9. The van der Waals surface area contributed by atoms with Gasteiger partial charge in [0.15, 0.2) is 0 Å². The lowest BCUT2D eigenvalue weighted by atomic mass is 10.1. The number of carbonyl (C=O) groups is 2. The zero-order valence-corrected chi connectivity index (χ0v) is 9.05. The molecule has 1 rings (SSSR count). The van der Waals surface area contributed by atoms with Crippen LogP contribution in [-0.2, 0) is 4.79 Å². The third-order valence-electron chi connectivity index (χ3n) is 1.90. The van der Waals surface area contributed by atoms with E-state index in [1.54, 1.807) is 6.92 Å². The first-order valence-corrected chi connectivity index (χ1v) is 4.60. The molecule has 0 aliphatic carbocycles. The van der Waals surface area contributed by atoms with Gasteiger partial charge in [-0.15, -0.1) is 0 Å². The largest absolute Gasteiger partial charge is 0.478 e. The predicted octanol–water partition coefficient (Wildman–Crippen LogP) is 2.31. The number of benzene rings is 1. The van der Waals surface area contributed by atoms with E-state index in [-0.39, 0.29) is 11.5 Å². The number of halogens is 1. The van der Waals surface area contributed by atoms with Crippen molar-refractivity contribution >= 4 is 29.2 Å². The van der Waals surface area contributed by atoms with Crippen molar-refractivity contribution in [3.05, 3.63) is 28.3 Å². The summed E-state index contributed by atoms with van der Waals surface area (Å²) in [4.78, 5) is 21.6. The molecule has 1 amide bonds. The summed E-state index contributed by atoms with van der Waals surface area (Å²) in [7, 11) is 0. The molecule has 0 aliphatic rings. The van der Waals surface area contributed by atoms with Crippen LogP contribution in [0.4, 0.5) is 5.69 Å². The van der Waals surface area contributed by atoms with E-state index in [4.69, 9.17) is 16.7 Å². The van der Waals surface area contributed by atoms with Crippen LogP contribution in [0.5, 0.6) is 0 Å². The number of amides is 1. The van der Waals surface area contributed by atoms with Gasteiger partial charge in [0.2, 0.25) is 5.91 Å². The van der Waals surface area contributed by atoms with E-state index in [1.165, 1.54) is 19.1 Å². The maximum atomic E-state index is 10.9. The number of anilines is 1. The summed E-state index contributed by atoms with van der Waals surface area (Å²) >= 11 is 5.83. The van der Waals surface area contributed by atoms with E-state index in [2.05, 4.69) is 5.32 Å². The normalized spacial score (nSPS) is 9.80. The molecule has 4 nitrogen and oxygen atoms in total. The molecule has 0 unspecified atom stereocenters. The number of hydrogen-bond donors (Lipinski definition) is 2. The summed E-state index contributed by atoms with van der Waals surface area (Å²) in [6.45, 7) is 3.06. The third kappa shape index (κ3) is 2.70. The van der Waals surface area contributed by atoms with Crippen molar-refractivity contribution in [2.45, 2.75) is 13.8 Å². The Balaban J connectivity index is 3.24. The van der Waals surface area contributed by atoms with Gasteiger partial charge in [0.25, 0.3) is 0 Å². The fourth-order valence-corrected chi connectivity index (χ4v) is 1.34. The lowest BCUT2D eigenvalue weighted by Crippen LogP contribution is -2.09. The number of rotatable bonds is 2. The van der Waals surface area contributed by atoms with Crippen LogP contribution in [0.25, 0.3) is 0 Å². The lowest BCUT2D eigenvalue weighted by Gasteiger charge is -2.09. The van der Waals surface area contributed by atoms with Crippen LogP contribution in [0, 0.1) is 6.92 Å². The molecule has 0 fully saturated rings. The SMILES string of the molecule is CC(=O)Nc1cc(C(=O)O)cc(Cl)c1C. The van der Waals surface area contributed by atoms with E-state index >= 15 is 0 Å². The van der Waals surface area contributed by atoms with Crippen molar-refractivity contribution in [2.75, 3.05) is 5.32 Å². The van der Waals surface area contributed by atoms with Gasteiger partial charge in [-0.1, -0.05) is 11.6 Å². The van der Waals surface area contributed by atoms with Crippen molar-refractivity contribution in [1.29, 1.82) is 0 Å². The molecule has 1 aromatic rings. The Kier molecular flexibility index (Phi) is 3.31. The molecule has 80 valence electrons. The zero-order chi connectivity index (χ0) is 11.6. The Labute approximate surface area is 91.9 Å². The van der Waals surface area contributed by atoms with Crippen molar-refractivity contribution in [3.8, 4) is 0 Å². The minimum Gasteiger partial charge on any atom is -0.478 e. The second kappa shape index (κ2) is 4.31. The molecule has 0 aliphatic heterocycles. The van der Waals surface area contributed by atoms with Gasteiger partial charge in [-0.2, -0.15) is 0 Å². The topological polar surface area (TPSA) is 66.4 Å². The van der Waals surface area contributed by atoms with Crippen LogP contribution in [0.3, 0.4) is 0 Å². The highest BCUT2D eigenvalue weighted by Crippen LogP contribution is 2.25. The van der Waals surface area contributed by atoms with E-state index in [0.29, 0.717) is 16.3 Å². The molecule has 15 heavy (non-hydrogen) atoms. The molecule has 0 aromatic heterocycles. The summed E-state index contributed by atoms with van der Waals surface area (Å²) in [5.41, 5.74) is 1.12. The summed E-state index contributed by atoms with van der Waals surface area (Å²) in [5, 5.41) is 11.6. The third-order valence-corrected chi connectivity index (χ3v) is 2.29. The van der Waals surface area contributed by atoms with Crippen molar-refractivity contribution < 1.29 is 14.7 Å². The van der Waals surface area contributed by atoms with Crippen molar-refractivity contribution in [3.63, 3.8) is 0 Å². The highest BCUT2D eigenvalue weighted by Gasteiger charge is 2.10. The first-order chi connectivity index (χ1) is 6.91. The van der Waals surface area contributed by atoms with Gasteiger partial charge in [0.1, 0.15) is 0 Å². The van der Waals surface area contributed by atoms with Crippen molar-refractivity contribution in [2.24, 2.45) is 0 Å². The maximum Gasteiger partial charge on any atom is 0.335 e. The number of carboxylic acid groups (broad SMARTS) is 1. The summed E-state index contributed by atoms with van der Waals surface area (Å²) in [6, 6.07) is 2.73. The second-order valence-corrected chi connectivity index (χ2v) is 3.52. The Bertz CT molecular complexity index is 429. The average molecular weight is 228 g/mol. The minimum absolute atomic E-state index is 0.0503. The minimum atomic E-state index is -1.08. The van der Waals surface area contributed by atoms with Gasteiger partial charge in [0.05, 0.1) is 5.56 Å². The smallest absolute Gasteiger partial charge is 0.335 e. The van der Waals surface area contributed by atoms with Gasteiger partial charge in [-0.25, -0.2) is 4.79 Å². The fourth-order valence-electron chi connectivity index (χ4n) is 1.12. The fraction of sp³-hybridized carbons (Fsp3) is 0.200. The highest BCUT2D eigenvalue weighted by atomic mass is 35.5. The molecule has 0 bridgehead atoms. The number of hydrogen-bond acceptors (Lipinski definition) is 2. The number of carboxylic acids is 1. The summed E-state index contributed by atoms with van der Waals surface area (Å²) in [5.74, 6) is -1.35. The molecule has 0 saturated heterocycles. The molecule has 5 heteroatoms. The molecule has 0 saturated carbocycles. The van der Waals surface area contributed by atoms with Gasteiger partial charge >= 0.3 is 5.97 Å². The predicted molar refractivity (Wildman–Crippen MR) is 57.5 cm³/mol. The highest BCUT2D eigenvalue weighted by molar-refractivity contribution is 6.32. The number of carbonyl (C=O) groups excluding carboxylic acids is 1. The monoisotopic (exact) mass is 227 g/mol. The van der Waals surface area contributed by atoms with Crippen LogP contribution in [0.15, 0.2) is 12.1 Å². The number of nitrogens with one attached hydrogen (secondary N) is 1.